The zero-order valence-corrected chi connectivity index (χ0v) is 10.3. The monoisotopic (exact) mass is 301 g/mol. The number of alkyl halides is 4. The Hall–Kier alpha value is -1.28. The van der Waals surface area contributed by atoms with Crippen LogP contribution in [0.2, 0.25) is 0 Å². The summed E-state index contributed by atoms with van der Waals surface area (Å²) in [6.07, 6.45) is -3.86. The largest absolute Gasteiger partial charge is 0.373 e. The molecule has 0 aliphatic carbocycles. The second-order valence-electron chi connectivity index (χ2n) is 4.32. The quantitative estimate of drug-likeness (QED) is 0.786. The van der Waals surface area contributed by atoms with Crippen LogP contribution in [-0.2, 0) is 11.2 Å². The lowest BCUT2D eigenvalue weighted by Gasteiger charge is -2.17. The Bertz CT molecular complexity index is 420. The van der Waals surface area contributed by atoms with Crippen molar-refractivity contribution in [3.8, 4) is 0 Å². The fraction of sp³-hybridized carbons (Fsp3) is 0.500. The summed E-state index contributed by atoms with van der Waals surface area (Å²) in [5, 5.41) is 0. The molecule has 0 radical (unpaired) electrons. The zero-order chi connectivity index (χ0) is 15.3. The molecule has 0 aliphatic heterocycles. The van der Waals surface area contributed by atoms with Crippen LogP contribution in [0.1, 0.15) is 5.56 Å². The minimum absolute atomic E-state index is 0.0328. The van der Waals surface area contributed by atoms with Crippen molar-refractivity contribution in [2.45, 2.75) is 24.8 Å². The van der Waals surface area contributed by atoms with E-state index in [0.29, 0.717) is 6.07 Å². The van der Waals surface area contributed by atoms with Gasteiger partial charge in [0.15, 0.2) is 0 Å². The first kappa shape index (κ1) is 16.8. The Morgan fingerprint density at radius 2 is 1.65 bits per heavy atom. The highest BCUT2D eigenvalue weighted by Crippen LogP contribution is 2.22. The van der Waals surface area contributed by atoms with Crippen LogP contribution >= 0.6 is 0 Å². The van der Waals surface area contributed by atoms with Gasteiger partial charge in [-0.3, -0.25) is 0 Å². The maximum absolute atomic E-state index is 12.9. The Balaban J connectivity index is 2.42. The number of ether oxygens (including phenoxy) is 1. The van der Waals surface area contributed by atoms with Crippen molar-refractivity contribution >= 4 is 0 Å². The number of hydrogen-bond acceptors (Lipinski definition) is 2. The summed E-state index contributed by atoms with van der Waals surface area (Å²) >= 11 is 0. The summed E-state index contributed by atoms with van der Waals surface area (Å²) in [7, 11) is 0. The van der Waals surface area contributed by atoms with Gasteiger partial charge in [0.05, 0.1) is 6.61 Å². The molecule has 2 N–H and O–H groups in total. The smallest absolute Gasteiger partial charge is 0.330 e. The molecule has 1 rings (SSSR count). The molecule has 8 heteroatoms. The third-order valence-electron chi connectivity index (χ3n) is 2.37. The van der Waals surface area contributed by atoms with E-state index in [4.69, 9.17) is 5.73 Å². The Labute approximate surface area is 111 Å². The lowest BCUT2D eigenvalue weighted by molar-refractivity contribution is -0.166. The van der Waals surface area contributed by atoms with Crippen molar-refractivity contribution < 1.29 is 31.1 Å². The van der Waals surface area contributed by atoms with E-state index in [-0.39, 0.29) is 12.0 Å². The van der Waals surface area contributed by atoms with E-state index >= 15 is 0 Å². The minimum atomic E-state index is -4.25. The third kappa shape index (κ3) is 5.38. The molecule has 0 aliphatic rings. The van der Waals surface area contributed by atoms with E-state index in [1.54, 1.807) is 0 Å². The number of nitrogens with two attached hydrogens (primary N) is 1. The van der Waals surface area contributed by atoms with E-state index in [2.05, 4.69) is 4.74 Å². The molecule has 0 amide bonds. The van der Waals surface area contributed by atoms with Gasteiger partial charge in [0.1, 0.15) is 18.2 Å². The van der Waals surface area contributed by atoms with Crippen molar-refractivity contribution in [2.24, 2.45) is 5.73 Å². The first-order valence-electron chi connectivity index (χ1n) is 5.65. The maximum Gasteiger partial charge on any atom is 0.330 e. The number of rotatable bonds is 7. The highest BCUT2D eigenvalue weighted by atomic mass is 19.3. The van der Waals surface area contributed by atoms with Crippen LogP contribution in [0.3, 0.4) is 0 Å². The van der Waals surface area contributed by atoms with Crippen molar-refractivity contribution in [3.05, 3.63) is 35.4 Å². The molecule has 0 saturated heterocycles. The average molecular weight is 301 g/mol. The second kappa shape index (κ2) is 6.94. The molecule has 1 unspecified atom stereocenters. The van der Waals surface area contributed by atoms with E-state index < -0.39 is 43.2 Å². The van der Waals surface area contributed by atoms with Crippen LogP contribution in [0.15, 0.2) is 18.2 Å². The Morgan fingerprint density at radius 1 is 1.10 bits per heavy atom. The summed E-state index contributed by atoms with van der Waals surface area (Å²) in [5.74, 6) is -5.83. The van der Waals surface area contributed by atoms with Gasteiger partial charge in [-0.15, -0.1) is 0 Å². The van der Waals surface area contributed by atoms with Gasteiger partial charge in [-0.05, 0) is 24.1 Å². The molecule has 1 aromatic rings. The topological polar surface area (TPSA) is 35.2 Å². The lowest BCUT2D eigenvalue weighted by Crippen LogP contribution is -2.36. The number of benzene rings is 1. The molecule has 114 valence electrons. The molecular weight excluding hydrogens is 288 g/mol. The highest BCUT2D eigenvalue weighted by molar-refractivity contribution is 5.18. The SMILES string of the molecule is NC(COCC(F)(F)C(F)F)Cc1cc(F)cc(F)c1. The predicted octanol–water partition coefficient (Wildman–Crippen LogP) is 2.75. The summed E-state index contributed by atoms with van der Waals surface area (Å²) in [4.78, 5) is 0. The van der Waals surface area contributed by atoms with E-state index in [9.17, 15) is 26.3 Å². The first-order chi connectivity index (χ1) is 9.20. The van der Waals surface area contributed by atoms with E-state index in [1.807, 2.05) is 0 Å². The van der Waals surface area contributed by atoms with Crippen LogP contribution in [0, 0.1) is 11.6 Å². The Morgan fingerprint density at radius 3 is 2.15 bits per heavy atom. The maximum atomic E-state index is 12.9. The molecule has 2 nitrogen and oxygen atoms in total. The third-order valence-corrected chi connectivity index (χ3v) is 2.37. The fourth-order valence-corrected chi connectivity index (χ4v) is 1.50. The average Bonchev–Trinajstić information content (AvgIpc) is 2.26. The van der Waals surface area contributed by atoms with Crippen LogP contribution < -0.4 is 5.73 Å². The van der Waals surface area contributed by atoms with Crippen LogP contribution in [-0.4, -0.2) is 31.6 Å². The van der Waals surface area contributed by atoms with Crippen LogP contribution in [0.25, 0.3) is 0 Å². The van der Waals surface area contributed by atoms with E-state index in [0.717, 1.165) is 12.1 Å². The standard InChI is InChI=1S/C12H13F6NO/c13-8-1-7(2-9(14)4-8)3-10(19)5-20-6-12(17,18)11(15)16/h1-2,4,10-11H,3,5-6,19H2. The predicted molar refractivity (Wildman–Crippen MR) is 59.8 cm³/mol. The van der Waals surface area contributed by atoms with E-state index in [1.165, 1.54) is 0 Å². The van der Waals surface area contributed by atoms with Gasteiger partial charge in [-0.2, -0.15) is 8.78 Å². The number of halogens is 6. The van der Waals surface area contributed by atoms with Gasteiger partial charge >= 0.3 is 12.3 Å². The molecule has 0 bridgehead atoms. The summed E-state index contributed by atoms with van der Waals surface area (Å²) in [5.41, 5.74) is 5.73. The molecule has 0 heterocycles. The summed E-state index contributed by atoms with van der Waals surface area (Å²) in [6, 6.07) is 1.91. The van der Waals surface area contributed by atoms with Gasteiger partial charge in [0.25, 0.3) is 0 Å². The Kier molecular flexibility index (Phi) is 5.82. The number of hydrogen-bond donors (Lipinski definition) is 1. The summed E-state index contributed by atoms with van der Waals surface area (Å²) < 4.78 is 78.9. The van der Waals surface area contributed by atoms with Crippen molar-refractivity contribution in [1.29, 1.82) is 0 Å². The van der Waals surface area contributed by atoms with Crippen molar-refractivity contribution in [1.82, 2.24) is 0 Å². The molecule has 1 atom stereocenters. The first-order valence-corrected chi connectivity index (χ1v) is 5.65. The molecule has 0 fully saturated rings. The van der Waals surface area contributed by atoms with Gasteiger partial charge in [0.2, 0.25) is 0 Å². The molecule has 0 aromatic heterocycles. The summed E-state index contributed by atoms with van der Waals surface area (Å²) in [6.45, 7) is -1.89. The van der Waals surface area contributed by atoms with Crippen LogP contribution in [0.4, 0.5) is 26.3 Å². The zero-order valence-electron chi connectivity index (χ0n) is 10.3. The van der Waals surface area contributed by atoms with Crippen LogP contribution in [0.5, 0.6) is 0 Å². The van der Waals surface area contributed by atoms with Gasteiger partial charge in [0, 0.05) is 12.1 Å². The molecule has 0 spiro atoms. The molecule has 1 aromatic carbocycles. The molecule has 20 heavy (non-hydrogen) atoms. The van der Waals surface area contributed by atoms with Gasteiger partial charge in [-0.1, -0.05) is 0 Å². The molecule has 0 saturated carbocycles. The normalized spacial score (nSPS) is 13.8. The fourth-order valence-electron chi connectivity index (χ4n) is 1.50. The second-order valence-corrected chi connectivity index (χ2v) is 4.32. The highest BCUT2D eigenvalue weighted by Gasteiger charge is 2.41. The lowest BCUT2D eigenvalue weighted by atomic mass is 10.1. The van der Waals surface area contributed by atoms with Crippen molar-refractivity contribution in [3.63, 3.8) is 0 Å². The van der Waals surface area contributed by atoms with Crippen molar-refractivity contribution in [2.75, 3.05) is 13.2 Å². The van der Waals surface area contributed by atoms with Gasteiger partial charge < -0.3 is 10.5 Å². The minimum Gasteiger partial charge on any atom is -0.373 e. The molecular formula is C12H13F6NO. The van der Waals surface area contributed by atoms with Gasteiger partial charge in [-0.25, -0.2) is 17.6 Å².